The van der Waals surface area contributed by atoms with Gasteiger partial charge in [0.15, 0.2) is 0 Å². The van der Waals surface area contributed by atoms with E-state index < -0.39 is 0 Å². The molecule has 1 amide bonds. The third-order valence-electron chi connectivity index (χ3n) is 4.72. The number of ether oxygens (including phenoxy) is 1. The summed E-state index contributed by atoms with van der Waals surface area (Å²) in [7, 11) is 0. The summed E-state index contributed by atoms with van der Waals surface area (Å²) < 4.78 is 7.34. The first-order valence-electron chi connectivity index (χ1n) is 8.61. The summed E-state index contributed by atoms with van der Waals surface area (Å²) in [5.74, 6) is 0.276. The van der Waals surface area contributed by atoms with Gasteiger partial charge in [-0.2, -0.15) is 5.10 Å². The first-order valence-corrected chi connectivity index (χ1v) is 8.99. The SMILES string of the molecule is Cc1c(C(=O)Nc2ccc3ccc(Cl)cc3n2)cnn1C1CCOCC1. The lowest BCUT2D eigenvalue weighted by Crippen LogP contribution is -2.22. The summed E-state index contributed by atoms with van der Waals surface area (Å²) in [5, 5.41) is 8.86. The maximum Gasteiger partial charge on any atom is 0.260 e. The lowest BCUT2D eigenvalue weighted by Gasteiger charge is -2.23. The monoisotopic (exact) mass is 370 g/mol. The van der Waals surface area contributed by atoms with Crippen LogP contribution < -0.4 is 5.32 Å². The van der Waals surface area contributed by atoms with E-state index in [2.05, 4.69) is 15.4 Å². The molecule has 0 bridgehead atoms. The van der Waals surface area contributed by atoms with Crippen molar-refractivity contribution in [1.29, 1.82) is 0 Å². The van der Waals surface area contributed by atoms with Crippen molar-refractivity contribution in [1.82, 2.24) is 14.8 Å². The minimum absolute atomic E-state index is 0.213. The smallest absolute Gasteiger partial charge is 0.260 e. The maximum atomic E-state index is 12.7. The number of aromatic nitrogens is 3. The summed E-state index contributed by atoms with van der Waals surface area (Å²) in [6.07, 6.45) is 3.45. The van der Waals surface area contributed by atoms with Gasteiger partial charge in [-0.1, -0.05) is 17.7 Å². The highest BCUT2D eigenvalue weighted by molar-refractivity contribution is 6.31. The lowest BCUT2D eigenvalue weighted by molar-refractivity contribution is 0.0656. The van der Waals surface area contributed by atoms with Crippen LogP contribution in [0.25, 0.3) is 10.9 Å². The van der Waals surface area contributed by atoms with Crippen LogP contribution in [-0.2, 0) is 4.74 Å². The average Bonchev–Trinajstić information content (AvgIpc) is 3.03. The molecule has 3 aromatic rings. The number of fused-ring (bicyclic) bond motifs is 1. The van der Waals surface area contributed by atoms with E-state index in [0.717, 1.165) is 42.7 Å². The van der Waals surface area contributed by atoms with Crippen LogP contribution in [-0.4, -0.2) is 33.9 Å². The summed E-state index contributed by atoms with van der Waals surface area (Å²) in [6.45, 7) is 3.38. The molecule has 26 heavy (non-hydrogen) atoms. The van der Waals surface area contributed by atoms with Crippen LogP contribution in [0.5, 0.6) is 0 Å². The molecule has 7 heteroatoms. The summed E-state index contributed by atoms with van der Waals surface area (Å²) in [4.78, 5) is 17.1. The second-order valence-electron chi connectivity index (χ2n) is 6.42. The lowest BCUT2D eigenvalue weighted by atomic mass is 10.1. The van der Waals surface area contributed by atoms with E-state index in [1.165, 1.54) is 0 Å². The highest BCUT2D eigenvalue weighted by Gasteiger charge is 2.22. The molecule has 134 valence electrons. The zero-order valence-corrected chi connectivity index (χ0v) is 15.2. The Morgan fingerprint density at radius 2 is 2.04 bits per heavy atom. The zero-order chi connectivity index (χ0) is 18.1. The van der Waals surface area contributed by atoms with Crippen LogP contribution in [0.1, 0.15) is 34.9 Å². The van der Waals surface area contributed by atoms with Crippen molar-refractivity contribution in [2.45, 2.75) is 25.8 Å². The number of carbonyl (C=O) groups excluding carboxylic acids is 1. The van der Waals surface area contributed by atoms with Gasteiger partial charge in [0.25, 0.3) is 5.91 Å². The molecule has 0 saturated carbocycles. The molecule has 1 aliphatic heterocycles. The van der Waals surface area contributed by atoms with Gasteiger partial charge in [0.2, 0.25) is 0 Å². The van der Waals surface area contributed by atoms with E-state index in [9.17, 15) is 4.79 Å². The van der Waals surface area contributed by atoms with Crippen LogP contribution in [0, 0.1) is 6.92 Å². The standard InChI is InChI=1S/C19H19ClN4O2/c1-12-16(11-21-24(12)15-6-8-26-9-7-15)19(25)23-18-5-3-13-2-4-14(20)10-17(13)22-18/h2-5,10-11,15H,6-9H2,1H3,(H,22,23,25). The quantitative estimate of drug-likeness (QED) is 0.756. The molecule has 1 fully saturated rings. The number of carbonyl (C=O) groups is 1. The number of hydrogen-bond acceptors (Lipinski definition) is 4. The van der Waals surface area contributed by atoms with Gasteiger partial charge in [0.1, 0.15) is 5.82 Å². The highest BCUT2D eigenvalue weighted by Crippen LogP contribution is 2.24. The fraction of sp³-hybridized carbons (Fsp3) is 0.316. The van der Waals surface area contributed by atoms with Crippen LogP contribution in [0.15, 0.2) is 36.5 Å². The summed E-state index contributed by atoms with van der Waals surface area (Å²) >= 11 is 6.02. The average molecular weight is 371 g/mol. The molecule has 3 heterocycles. The van der Waals surface area contributed by atoms with Crippen molar-refractivity contribution in [2.75, 3.05) is 18.5 Å². The number of hydrogen-bond donors (Lipinski definition) is 1. The largest absolute Gasteiger partial charge is 0.381 e. The molecule has 1 aromatic carbocycles. The Balaban J connectivity index is 1.55. The Kier molecular flexibility index (Phi) is 4.61. The van der Waals surface area contributed by atoms with E-state index in [-0.39, 0.29) is 11.9 Å². The molecule has 0 spiro atoms. The van der Waals surface area contributed by atoms with Crippen LogP contribution in [0.3, 0.4) is 0 Å². The van der Waals surface area contributed by atoms with Crippen LogP contribution >= 0.6 is 11.6 Å². The highest BCUT2D eigenvalue weighted by atomic mass is 35.5. The van der Waals surface area contributed by atoms with Crippen molar-refractivity contribution < 1.29 is 9.53 Å². The molecule has 2 aromatic heterocycles. The van der Waals surface area contributed by atoms with E-state index in [1.807, 2.05) is 29.8 Å². The Bertz CT molecular complexity index is 963. The van der Waals surface area contributed by atoms with Gasteiger partial charge in [0.05, 0.1) is 23.3 Å². The molecular formula is C19H19ClN4O2. The summed E-state index contributed by atoms with van der Waals surface area (Å²) in [5.41, 5.74) is 2.16. The molecule has 0 radical (unpaired) electrons. The van der Waals surface area contributed by atoms with Crippen molar-refractivity contribution in [3.63, 3.8) is 0 Å². The molecule has 4 rings (SSSR count). The second-order valence-corrected chi connectivity index (χ2v) is 6.86. The van der Waals surface area contributed by atoms with E-state index in [1.54, 1.807) is 18.3 Å². The van der Waals surface area contributed by atoms with E-state index >= 15 is 0 Å². The van der Waals surface area contributed by atoms with Crippen molar-refractivity contribution in [3.8, 4) is 0 Å². The van der Waals surface area contributed by atoms with Crippen molar-refractivity contribution >= 4 is 34.2 Å². The number of nitrogens with zero attached hydrogens (tertiary/aromatic N) is 3. The van der Waals surface area contributed by atoms with E-state index in [0.29, 0.717) is 16.4 Å². The van der Waals surface area contributed by atoms with Gasteiger partial charge in [-0.15, -0.1) is 0 Å². The molecule has 1 N–H and O–H groups in total. The molecule has 1 aliphatic rings. The second kappa shape index (κ2) is 7.05. The first kappa shape index (κ1) is 17.0. The fourth-order valence-corrected chi connectivity index (χ4v) is 3.45. The minimum Gasteiger partial charge on any atom is -0.381 e. The van der Waals surface area contributed by atoms with Gasteiger partial charge in [0, 0.05) is 29.3 Å². The van der Waals surface area contributed by atoms with Gasteiger partial charge in [-0.3, -0.25) is 9.48 Å². The number of pyridine rings is 1. The van der Waals surface area contributed by atoms with Gasteiger partial charge in [-0.25, -0.2) is 4.98 Å². The molecular weight excluding hydrogens is 352 g/mol. The minimum atomic E-state index is -0.213. The first-order chi connectivity index (χ1) is 12.6. The normalized spacial score (nSPS) is 15.3. The predicted octanol–water partition coefficient (Wildman–Crippen LogP) is 4.00. The Morgan fingerprint density at radius 1 is 1.27 bits per heavy atom. The third kappa shape index (κ3) is 3.30. The molecule has 0 unspecified atom stereocenters. The van der Waals surface area contributed by atoms with Gasteiger partial charge >= 0.3 is 0 Å². The fourth-order valence-electron chi connectivity index (χ4n) is 3.29. The molecule has 0 aliphatic carbocycles. The number of halogens is 1. The number of rotatable bonds is 3. The predicted molar refractivity (Wildman–Crippen MR) is 101 cm³/mol. The maximum absolute atomic E-state index is 12.7. The summed E-state index contributed by atoms with van der Waals surface area (Å²) in [6, 6.07) is 9.47. The topological polar surface area (TPSA) is 69.0 Å². The Morgan fingerprint density at radius 3 is 2.85 bits per heavy atom. The number of benzene rings is 1. The van der Waals surface area contributed by atoms with Crippen molar-refractivity contribution in [3.05, 3.63) is 52.8 Å². The number of anilines is 1. The zero-order valence-electron chi connectivity index (χ0n) is 14.4. The number of nitrogens with one attached hydrogen (secondary N) is 1. The van der Waals surface area contributed by atoms with E-state index in [4.69, 9.17) is 16.3 Å². The molecule has 0 atom stereocenters. The van der Waals surface area contributed by atoms with Gasteiger partial charge < -0.3 is 10.1 Å². The Labute approximate surface area is 156 Å². The van der Waals surface area contributed by atoms with Gasteiger partial charge in [-0.05, 0) is 44.0 Å². The number of amides is 1. The van der Waals surface area contributed by atoms with Crippen LogP contribution in [0.2, 0.25) is 5.02 Å². The Hall–Kier alpha value is -2.44. The third-order valence-corrected chi connectivity index (χ3v) is 4.96. The van der Waals surface area contributed by atoms with Crippen LogP contribution in [0.4, 0.5) is 5.82 Å². The molecule has 1 saturated heterocycles. The van der Waals surface area contributed by atoms with Crippen molar-refractivity contribution in [2.24, 2.45) is 0 Å². The molecule has 6 nitrogen and oxygen atoms in total.